The Morgan fingerprint density at radius 1 is 1.15 bits per heavy atom. The fourth-order valence-corrected chi connectivity index (χ4v) is 1.93. The Morgan fingerprint density at radius 3 is 2.70 bits per heavy atom. The maximum Gasteiger partial charge on any atom is 0.124 e. The average Bonchev–Trinajstić information content (AvgIpc) is 2.52. The zero-order chi connectivity index (χ0) is 14.4. The summed E-state index contributed by atoms with van der Waals surface area (Å²) in [5, 5.41) is 12.5. The van der Waals surface area contributed by atoms with Crippen molar-refractivity contribution in [1.29, 1.82) is 0 Å². The number of methoxy groups -OCH3 is 2. The summed E-state index contributed by atoms with van der Waals surface area (Å²) in [6.45, 7) is 0.527. The smallest absolute Gasteiger partial charge is 0.124 e. The third-order valence-corrected chi connectivity index (χ3v) is 3.04. The summed E-state index contributed by atoms with van der Waals surface area (Å²) in [5.41, 5.74) is 2.58. The van der Waals surface area contributed by atoms with Gasteiger partial charge in [-0.15, -0.1) is 0 Å². The van der Waals surface area contributed by atoms with Crippen LogP contribution in [0.5, 0.6) is 11.5 Å². The van der Waals surface area contributed by atoms with Crippen molar-refractivity contribution < 1.29 is 14.6 Å². The number of nitrogens with one attached hydrogen (secondary N) is 1. The van der Waals surface area contributed by atoms with Crippen LogP contribution in [0.4, 0.5) is 5.69 Å². The number of rotatable bonds is 6. The molecule has 0 bridgehead atoms. The summed E-state index contributed by atoms with van der Waals surface area (Å²) in [4.78, 5) is 4.05. The van der Waals surface area contributed by atoms with Crippen LogP contribution >= 0.6 is 0 Å². The minimum atomic E-state index is -0.0277. The van der Waals surface area contributed by atoms with Gasteiger partial charge < -0.3 is 19.9 Å². The van der Waals surface area contributed by atoms with Gasteiger partial charge in [0.1, 0.15) is 11.5 Å². The summed E-state index contributed by atoms with van der Waals surface area (Å²) in [6.07, 6.45) is 3.35. The molecule has 0 saturated carbocycles. The van der Waals surface area contributed by atoms with Crippen molar-refractivity contribution in [2.45, 2.75) is 13.2 Å². The largest absolute Gasteiger partial charge is 0.497 e. The van der Waals surface area contributed by atoms with Crippen LogP contribution in [0, 0.1) is 0 Å². The summed E-state index contributed by atoms with van der Waals surface area (Å²) in [6, 6.07) is 7.42. The second kappa shape index (κ2) is 6.77. The van der Waals surface area contributed by atoms with Gasteiger partial charge in [0.2, 0.25) is 0 Å². The van der Waals surface area contributed by atoms with Gasteiger partial charge in [0.05, 0.1) is 32.7 Å². The summed E-state index contributed by atoms with van der Waals surface area (Å²) in [7, 11) is 3.26. The number of nitrogens with zero attached hydrogens (tertiary/aromatic N) is 1. The molecule has 0 saturated heterocycles. The summed E-state index contributed by atoms with van der Waals surface area (Å²) in [5.74, 6) is 1.56. The van der Waals surface area contributed by atoms with E-state index in [2.05, 4.69) is 10.3 Å². The van der Waals surface area contributed by atoms with Crippen LogP contribution in [0.15, 0.2) is 36.7 Å². The van der Waals surface area contributed by atoms with Crippen LogP contribution < -0.4 is 14.8 Å². The Morgan fingerprint density at radius 2 is 2.00 bits per heavy atom. The van der Waals surface area contributed by atoms with Crippen molar-refractivity contribution in [2.24, 2.45) is 0 Å². The number of aliphatic hydroxyl groups is 1. The Bertz CT molecular complexity index is 573. The minimum absolute atomic E-state index is 0.0277. The topological polar surface area (TPSA) is 63.6 Å². The monoisotopic (exact) mass is 274 g/mol. The first-order valence-electron chi connectivity index (χ1n) is 6.27. The molecule has 2 aromatic rings. The molecule has 0 unspecified atom stereocenters. The van der Waals surface area contributed by atoms with E-state index < -0.39 is 0 Å². The molecular formula is C15H18N2O3. The first-order chi connectivity index (χ1) is 9.78. The Balaban J connectivity index is 2.17. The van der Waals surface area contributed by atoms with Crippen LogP contribution in [0.2, 0.25) is 0 Å². The lowest BCUT2D eigenvalue weighted by atomic mass is 10.1. The second-order valence-corrected chi connectivity index (χ2v) is 4.22. The summed E-state index contributed by atoms with van der Waals surface area (Å²) < 4.78 is 10.5. The molecule has 5 nitrogen and oxygen atoms in total. The minimum Gasteiger partial charge on any atom is -0.497 e. The van der Waals surface area contributed by atoms with Crippen molar-refractivity contribution in [3.8, 4) is 11.5 Å². The van der Waals surface area contributed by atoms with Crippen LogP contribution in [-0.4, -0.2) is 24.3 Å². The number of anilines is 1. The van der Waals surface area contributed by atoms with E-state index in [1.54, 1.807) is 32.7 Å². The number of benzene rings is 1. The molecule has 0 radical (unpaired) electrons. The Kier molecular flexibility index (Phi) is 4.79. The number of ether oxygens (including phenoxy) is 2. The van der Waals surface area contributed by atoms with Gasteiger partial charge in [-0.2, -0.15) is 0 Å². The zero-order valence-electron chi connectivity index (χ0n) is 11.6. The fourth-order valence-electron chi connectivity index (χ4n) is 1.93. The van der Waals surface area contributed by atoms with Crippen LogP contribution in [0.25, 0.3) is 0 Å². The first-order valence-corrected chi connectivity index (χ1v) is 6.27. The van der Waals surface area contributed by atoms with E-state index in [9.17, 15) is 5.11 Å². The van der Waals surface area contributed by atoms with E-state index in [-0.39, 0.29) is 6.61 Å². The Hall–Kier alpha value is -2.27. The van der Waals surface area contributed by atoms with Crippen LogP contribution in [0.3, 0.4) is 0 Å². The highest BCUT2D eigenvalue weighted by Crippen LogP contribution is 2.25. The molecule has 0 aliphatic carbocycles. The second-order valence-electron chi connectivity index (χ2n) is 4.22. The van der Waals surface area contributed by atoms with Gasteiger partial charge in [0.15, 0.2) is 0 Å². The highest BCUT2D eigenvalue weighted by atomic mass is 16.5. The quantitative estimate of drug-likeness (QED) is 0.845. The molecule has 1 aromatic heterocycles. The first kappa shape index (κ1) is 14.1. The van der Waals surface area contributed by atoms with Gasteiger partial charge in [0, 0.05) is 23.9 Å². The third kappa shape index (κ3) is 3.19. The lowest BCUT2D eigenvalue weighted by Crippen LogP contribution is -2.05. The van der Waals surface area contributed by atoms with Crippen molar-refractivity contribution in [3.05, 3.63) is 47.8 Å². The molecule has 0 aliphatic rings. The molecule has 5 heteroatoms. The molecule has 1 aromatic carbocycles. The number of pyridine rings is 1. The van der Waals surface area contributed by atoms with Crippen molar-refractivity contribution in [3.63, 3.8) is 0 Å². The van der Waals surface area contributed by atoms with Gasteiger partial charge in [-0.25, -0.2) is 0 Å². The van der Waals surface area contributed by atoms with Crippen molar-refractivity contribution in [2.75, 3.05) is 19.5 Å². The molecule has 0 atom stereocenters. The van der Waals surface area contributed by atoms with E-state index in [1.807, 2.05) is 18.2 Å². The SMILES string of the molecule is COc1ccc(OC)c(CNc2cnccc2CO)c1. The fraction of sp³-hybridized carbons (Fsp3) is 0.267. The normalized spacial score (nSPS) is 10.2. The van der Waals surface area contributed by atoms with Gasteiger partial charge in [-0.05, 0) is 24.3 Å². The van der Waals surface area contributed by atoms with Crippen LogP contribution in [-0.2, 0) is 13.2 Å². The van der Waals surface area contributed by atoms with Gasteiger partial charge in [-0.3, -0.25) is 4.98 Å². The van der Waals surface area contributed by atoms with Gasteiger partial charge in [0.25, 0.3) is 0 Å². The zero-order valence-corrected chi connectivity index (χ0v) is 11.6. The highest BCUT2D eigenvalue weighted by molar-refractivity contribution is 5.50. The molecule has 2 N–H and O–H groups in total. The average molecular weight is 274 g/mol. The Labute approximate surface area is 118 Å². The van der Waals surface area contributed by atoms with Gasteiger partial charge in [-0.1, -0.05) is 0 Å². The van der Waals surface area contributed by atoms with Crippen LogP contribution in [0.1, 0.15) is 11.1 Å². The van der Waals surface area contributed by atoms with Gasteiger partial charge >= 0.3 is 0 Å². The molecule has 106 valence electrons. The predicted octanol–water partition coefficient (Wildman–Crippen LogP) is 2.20. The third-order valence-electron chi connectivity index (χ3n) is 3.04. The standard InChI is InChI=1S/C15H18N2O3/c1-19-13-3-4-15(20-2)12(7-13)8-17-14-9-16-6-5-11(14)10-18/h3-7,9,17-18H,8,10H2,1-2H3. The predicted molar refractivity (Wildman–Crippen MR) is 77.0 cm³/mol. The molecule has 1 heterocycles. The van der Waals surface area contributed by atoms with E-state index in [0.717, 1.165) is 28.3 Å². The highest BCUT2D eigenvalue weighted by Gasteiger charge is 2.06. The van der Waals surface area contributed by atoms with E-state index in [1.165, 1.54) is 0 Å². The molecule has 20 heavy (non-hydrogen) atoms. The lowest BCUT2D eigenvalue weighted by molar-refractivity contribution is 0.282. The molecule has 0 aliphatic heterocycles. The number of aromatic nitrogens is 1. The molecule has 0 fully saturated rings. The van der Waals surface area contributed by atoms with E-state index in [4.69, 9.17) is 9.47 Å². The number of hydrogen-bond acceptors (Lipinski definition) is 5. The maximum absolute atomic E-state index is 9.29. The molecular weight excluding hydrogens is 256 g/mol. The molecule has 2 rings (SSSR count). The summed E-state index contributed by atoms with van der Waals surface area (Å²) >= 11 is 0. The lowest BCUT2D eigenvalue weighted by Gasteiger charge is -2.13. The molecule has 0 amide bonds. The number of aliphatic hydroxyl groups excluding tert-OH is 1. The van der Waals surface area contributed by atoms with E-state index in [0.29, 0.717) is 6.54 Å². The van der Waals surface area contributed by atoms with Crippen molar-refractivity contribution >= 4 is 5.69 Å². The number of hydrogen-bond donors (Lipinski definition) is 2. The molecule has 0 spiro atoms. The maximum atomic E-state index is 9.29. The van der Waals surface area contributed by atoms with Crippen molar-refractivity contribution in [1.82, 2.24) is 4.98 Å². The van der Waals surface area contributed by atoms with E-state index >= 15 is 0 Å².